The summed E-state index contributed by atoms with van der Waals surface area (Å²) in [7, 11) is 4.59. The van der Waals surface area contributed by atoms with Gasteiger partial charge in [0.15, 0.2) is 11.6 Å². The number of rotatable bonds is 2. The van der Waals surface area contributed by atoms with Gasteiger partial charge >= 0.3 is 5.97 Å². The van der Waals surface area contributed by atoms with E-state index in [1.807, 2.05) is 0 Å². The SMILES string of the molecule is COC(=O)C1=C2C=C3C(=O)c4c5c(cc(O)c4C(=O)C3C(O)=C2C=CC1C)C1(C)OC(C)(O5)C(O)C(N(C)C)C1O. The molecule has 2 bridgehead atoms. The van der Waals surface area contributed by atoms with Gasteiger partial charge in [-0.05, 0) is 38.7 Å². The van der Waals surface area contributed by atoms with Crippen molar-refractivity contribution in [3.05, 3.63) is 69.0 Å². The maximum Gasteiger partial charge on any atom is 0.334 e. The molecule has 1 aromatic rings. The van der Waals surface area contributed by atoms with Crippen molar-refractivity contribution in [2.24, 2.45) is 11.8 Å². The van der Waals surface area contributed by atoms with Crippen molar-refractivity contribution in [1.29, 1.82) is 0 Å². The van der Waals surface area contributed by atoms with Crippen LogP contribution in [0.3, 0.4) is 0 Å². The summed E-state index contributed by atoms with van der Waals surface area (Å²) in [6.45, 7) is 4.80. The third kappa shape index (κ3) is 3.37. The number of aliphatic hydroxyl groups excluding tert-OH is 3. The van der Waals surface area contributed by atoms with Crippen LogP contribution in [-0.2, 0) is 19.9 Å². The van der Waals surface area contributed by atoms with E-state index < -0.39 is 70.5 Å². The molecule has 1 aromatic carbocycles. The summed E-state index contributed by atoms with van der Waals surface area (Å²) in [5, 5.41) is 45.1. The first kappa shape index (κ1) is 27.4. The molecule has 1 saturated heterocycles. The monoisotopic (exact) mass is 565 g/mol. The molecule has 11 nitrogen and oxygen atoms in total. The fourth-order valence-corrected chi connectivity index (χ4v) is 6.90. The molecule has 2 aliphatic heterocycles. The summed E-state index contributed by atoms with van der Waals surface area (Å²) < 4.78 is 17.2. The molecule has 3 aliphatic carbocycles. The molecule has 0 aromatic heterocycles. The fourth-order valence-electron chi connectivity index (χ4n) is 6.90. The van der Waals surface area contributed by atoms with Crippen LogP contribution in [0.15, 0.2) is 52.3 Å². The van der Waals surface area contributed by atoms with Crippen LogP contribution in [0.5, 0.6) is 11.5 Å². The average Bonchev–Trinajstić information content (AvgIpc) is 2.90. The van der Waals surface area contributed by atoms with E-state index in [9.17, 15) is 34.8 Å². The van der Waals surface area contributed by atoms with Crippen LogP contribution < -0.4 is 4.74 Å². The van der Waals surface area contributed by atoms with Crippen molar-refractivity contribution in [2.45, 2.75) is 50.4 Å². The number of aliphatic hydroxyl groups is 3. The van der Waals surface area contributed by atoms with Gasteiger partial charge in [0.1, 0.15) is 41.0 Å². The highest BCUT2D eigenvalue weighted by atomic mass is 16.7. The maximum atomic E-state index is 14.3. The van der Waals surface area contributed by atoms with Gasteiger partial charge in [-0.15, -0.1) is 0 Å². The third-order valence-electron chi connectivity index (χ3n) is 9.01. The number of carbonyl (C=O) groups is 3. The Balaban J connectivity index is 1.61. The molecule has 41 heavy (non-hydrogen) atoms. The number of ketones is 2. The van der Waals surface area contributed by atoms with E-state index in [0.29, 0.717) is 0 Å². The summed E-state index contributed by atoms with van der Waals surface area (Å²) in [6, 6.07) is 0.385. The van der Waals surface area contributed by atoms with E-state index in [1.165, 1.54) is 26.2 Å². The highest BCUT2D eigenvalue weighted by Gasteiger charge is 2.64. The Bertz CT molecular complexity index is 1580. The molecule has 2 heterocycles. The lowest BCUT2D eigenvalue weighted by Gasteiger charge is -2.58. The number of methoxy groups -OCH3 is 1. The second-order valence-electron chi connectivity index (χ2n) is 11.7. The second-order valence-corrected chi connectivity index (χ2v) is 11.7. The van der Waals surface area contributed by atoms with Crippen LogP contribution in [0.25, 0.3) is 0 Å². The van der Waals surface area contributed by atoms with Gasteiger partial charge in [0.05, 0.1) is 29.9 Å². The minimum atomic E-state index is -1.73. The van der Waals surface area contributed by atoms with Crippen LogP contribution >= 0.6 is 0 Å². The third-order valence-corrected chi connectivity index (χ3v) is 9.01. The van der Waals surface area contributed by atoms with E-state index in [1.54, 1.807) is 45.0 Å². The van der Waals surface area contributed by atoms with E-state index in [4.69, 9.17) is 14.2 Å². The van der Waals surface area contributed by atoms with Gasteiger partial charge in [-0.1, -0.05) is 19.1 Å². The molecule has 7 atom stereocenters. The Kier molecular flexibility index (Phi) is 5.76. The fraction of sp³-hybridized carbons (Fsp3) is 0.433. The van der Waals surface area contributed by atoms with Gasteiger partial charge < -0.3 is 39.5 Å². The molecule has 0 spiro atoms. The standard InChI is InChI=1S/C30H31NO10/c1-11-7-8-12-13(17(11)28(38)39-6)9-14-18(22(12)33)24(35)19-16(32)10-15-25(20(19)23(14)34)40-30(3)27(37)21(31(4)5)26(36)29(15,2)41-30/h7-11,18,21,26-27,32-33,36-37H,1-6H3. The Morgan fingerprint density at radius 1 is 1.07 bits per heavy atom. The Morgan fingerprint density at radius 3 is 2.39 bits per heavy atom. The number of likely N-dealkylation sites (N-methyl/N-ethyl adjacent to an activating group) is 1. The largest absolute Gasteiger partial charge is 0.511 e. The van der Waals surface area contributed by atoms with Gasteiger partial charge in [0, 0.05) is 29.6 Å². The summed E-state index contributed by atoms with van der Waals surface area (Å²) in [4.78, 5) is 42.5. The zero-order valence-corrected chi connectivity index (χ0v) is 23.4. The zero-order valence-electron chi connectivity index (χ0n) is 23.4. The van der Waals surface area contributed by atoms with E-state index >= 15 is 0 Å². The molecule has 0 saturated carbocycles. The van der Waals surface area contributed by atoms with Crippen LogP contribution in [0.2, 0.25) is 0 Å². The van der Waals surface area contributed by atoms with Crippen LogP contribution in [-0.4, -0.2) is 88.1 Å². The number of hydrogen-bond acceptors (Lipinski definition) is 11. The van der Waals surface area contributed by atoms with Crippen molar-refractivity contribution in [2.75, 3.05) is 21.2 Å². The lowest BCUT2D eigenvalue weighted by Crippen LogP contribution is -2.73. The second kappa shape index (κ2) is 8.62. The molecule has 7 unspecified atom stereocenters. The number of esters is 1. The number of hydrogen-bond donors (Lipinski definition) is 4. The molecular formula is C30H31NO10. The molecule has 4 N–H and O–H groups in total. The van der Waals surface area contributed by atoms with Crippen molar-refractivity contribution in [3.8, 4) is 11.5 Å². The van der Waals surface area contributed by atoms with E-state index in [2.05, 4.69) is 0 Å². The Labute approximate surface area is 235 Å². The van der Waals surface area contributed by atoms with Crippen LogP contribution in [0, 0.1) is 11.8 Å². The Hall–Kier alpha value is -3.77. The normalized spacial score (nSPS) is 35.3. The van der Waals surface area contributed by atoms with Gasteiger partial charge in [-0.2, -0.15) is 0 Å². The number of fused-ring (bicyclic) bond motifs is 8. The predicted octanol–water partition coefficient (Wildman–Crippen LogP) is 1.82. The number of ether oxygens (including phenoxy) is 3. The number of nitrogens with zero attached hydrogens (tertiary/aromatic N) is 1. The van der Waals surface area contributed by atoms with Crippen molar-refractivity contribution < 1.29 is 49.0 Å². The van der Waals surface area contributed by atoms with Gasteiger partial charge in [-0.3, -0.25) is 9.59 Å². The summed E-state index contributed by atoms with van der Waals surface area (Å²) in [6.07, 6.45) is 1.98. The number of Topliss-reactive ketones (excluding diaryl/α,β-unsaturated/α-hetero) is 2. The number of phenols is 1. The zero-order chi connectivity index (χ0) is 29.9. The molecule has 11 heteroatoms. The summed E-state index contributed by atoms with van der Waals surface area (Å²) in [5.41, 5.74) is -1.48. The highest BCUT2D eigenvalue weighted by Crippen LogP contribution is 2.56. The molecular weight excluding hydrogens is 534 g/mol. The number of carbonyl (C=O) groups excluding carboxylic acids is 3. The quantitative estimate of drug-likeness (QED) is 0.387. The van der Waals surface area contributed by atoms with E-state index in [0.717, 1.165) is 0 Å². The lowest BCUT2D eigenvalue weighted by atomic mass is 9.68. The Morgan fingerprint density at radius 2 is 1.76 bits per heavy atom. The smallest absolute Gasteiger partial charge is 0.334 e. The molecule has 5 aliphatic rings. The molecule has 0 radical (unpaired) electrons. The van der Waals surface area contributed by atoms with E-state index in [-0.39, 0.29) is 44.7 Å². The van der Waals surface area contributed by atoms with Gasteiger partial charge in [-0.25, -0.2) is 4.79 Å². The lowest BCUT2D eigenvalue weighted by molar-refractivity contribution is -0.363. The van der Waals surface area contributed by atoms with Gasteiger partial charge in [0.25, 0.3) is 0 Å². The average molecular weight is 566 g/mol. The predicted molar refractivity (Wildman–Crippen MR) is 142 cm³/mol. The van der Waals surface area contributed by atoms with Crippen molar-refractivity contribution in [3.63, 3.8) is 0 Å². The first-order valence-electron chi connectivity index (χ1n) is 13.2. The molecule has 6 rings (SSSR count). The van der Waals surface area contributed by atoms with Crippen molar-refractivity contribution >= 4 is 17.5 Å². The van der Waals surface area contributed by atoms with Gasteiger partial charge in [0.2, 0.25) is 5.79 Å². The first-order chi connectivity index (χ1) is 19.2. The summed E-state index contributed by atoms with van der Waals surface area (Å²) >= 11 is 0. The number of aromatic hydroxyl groups is 1. The van der Waals surface area contributed by atoms with Crippen LogP contribution in [0.4, 0.5) is 0 Å². The number of allylic oxidation sites excluding steroid dienone is 6. The minimum absolute atomic E-state index is 0.113. The summed E-state index contributed by atoms with van der Waals surface area (Å²) in [5.74, 6) is -6.75. The maximum absolute atomic E-state index is 14.3. The van der Waals surface area contributed by atoms with Crippen LogP contribution in [0.1, 0.15) is 47.1 Å². The minimum Gasteiger partial charge on any atom is -0.511 e. The van der Waals surface area contributed by atoms with Crippen molar-refractivity contribution in [1.82, 2.24) is 4.90 Å². The highest BCUT2D eigenvalue weighted by molar-refractivity contribution is 6.27. The molecule has 216 valence electrons. The number of phenolic OH excluding ortho intramolecular Hbond substituents is 1. The topological polar surface area (TPSA) is 163 Å². The molecule has 0 amide bonds. The molecule has 1 fully saturated rings. The first-order valence-corrected chi connectivity index (χ1v) is 13.2. The number of benzene rings is 1.